The Labute approximate surface area is 117 Å². The second-order valence-electron chi connectivity index (χ2n) is 5.34. The van der Waals surface area contributed by atoms with E-state index in [9.17, 15) is 9.18 Å². The maximum absolute atomic E-state index is 13.2. The van der Waals surface area contributed by atoms with Crippen LogP contribution in [0.5, 0.6) is 0 Å². The van der Waals surface area contributed by atoms with Gasteiger partial charge in [0.1, 0.15) is 5.82 Å². The summed E-state index contributed by atoms with van der Waals surface area (Å²) in [4.78, 5) is 12.2. The van der Waals surface area contributed by atoms with E-state index >= 15 is 0 Å². The highest BCUT2D eigenvalue weighted by Crippen LogP contribution is 2.35. The lowest BCUT2D eigenvalue weighted by Gasteiger charge is -2.18. The summed E-state index contributed by atoms with van der Waals surface area (Å²) in [6.07, 6.45) is 0.963. The highest BCUT2D eigenvalue weighted by molar-refractivity contribution is 5.94. The van der Waals surface area contributed by atoms with Gasteiger partial charge in [0.05, 0.1) is 6.04 Å². The number of rotatable bonds is 2. The minimum absolute atomic E-state index is 0.00182. The van der Waals surface area contributed by atoms with Crippen LogP contribution in [-0.4, -0.2) is 5.91 Å². The van der Waals surface area contributed by atoms with Crippen molar-refractivity contribution in [3.63, 3.8) is 0 Å². The number of benzene rings is 2. The third-order valence-corrected chi connectivity index (χ3v) is 3.87. The maximum atomic E-state index is 13.2. The molecule has 3 rings (SSSR count). The monoisotopic (exact) mass is 269 g/mol. The molecule has 2 aromatic carbocycles. The molecule has 0 spiro atoms. The fourth-order valence-corrected chi connectivity index (χ4v) is 2.87. The van der Waals surface area contributed by atoms with Gasteiger partial charge in [-0.05, 0) is 41.7 Å². The van der Waals surface area contributed by atoms with Crippen molar-refractivity contribution in [2.75, 3.05) is 0 Å². The molecular formula is C17H16FNO. The quantitative estimate of drug-likeness (QED) is 0.888. The summed E-state index contributed by atoms with van der Waals surface area (Å²) in [6, 6.07) is 13.9. The van der Waals surface area contributed by atoms with Gasteiger partial charge in [-0.25, -0.2) is 4.39 Å². The number of fused-ring (bicyclic) bond motifs is 1. The highest BCUT2D eigenvalue weighted by Gasteiger charge is 2.30. The standard InChI is InChI=1S/C17H16FNO/c1-11-9-12-5-2-3-8-15(12)16(11)19-17(20)13-6-4-7-14(18)10-13/h2-8,10-11,16H,9H2,1H3,(H,19,20). The first-order valence-corrected chi connectivity index (χ1v) is 6.79. The lowest BCUT2D eigenvalue weighted by molar-refractivity contribution is 0.0926. The lowest BCUT2D eigenvalue weighted by atomic mass is 10.0. The van der Waals surface area contributed by atoms with Crippen LogP contribution in [0.4, 0.5) is 4.39 Å². The molecule has 2 nitrogen and oxygen atoms in total. The molecule has 2 unspecified atom stereocenters. The van der Waals surface area contributed by atoms with E-state index in [1.165, 1.54) is 23.3 Å². The van der Waals surface area contributed by atoms with Gasteiger partial charge in [-0.2, -0.15) is 0 Å². The second-order valence-corrected chi connectivity index (χ2v) is 5.34. The highest BCUT2D eigenvalue weighted by atomic mass is 19.1. The van der Waals surface area contributed by atoms with Crippen molar-refractivity contribution in [1.29, 1.82) is 0 Å². The predicted octanol–water partition coefficient (Wildman–Crippen LogP) is 3.49. The number of halogens is 1. The van der Waals surface area contributed by atoms with Gasteiger partial charge in [0.15, 0.2) is 0 Å². The summed E-state index contributed by atoms with van der Waals surface area (Å²) >= 11 is 0. The van der Waals surface area contributed by atoms with Crippen LogP contribution in [0, 0.1) is 11.7 Å². The molecule has 0 saturated heterocycles. The number of nitrogens with one attached hydrogen (secondary N) is 1. The van der Waals surface area contributed by atoms with E-state index in [1.54, 1.807) is 12.1 Å². The summed E-state index contributed by atoms with van der Waals surface area (Å²) in [6.45, 7) is 2.12. The molecular weight excluding hydrogens is 253 g/mol. The molecule has 0 aliphatic heterocycles. The molecule has 0 heterocycles. The molecule has 0 bridgehead atoms. The van der Waals surface area contributed by atoms with Crippen molar-refractivity contribution in [2.24, 2.45) is 5.92 Å². The fourth-order valence-electron chi connectivity index (χ4n) is 2.87. The molecule has 0 fully saturated rings. The Bertz CT molecular complexity index is 653. The molecule has 3 heteroatoms. The molecule has 2 atom stereocenters. The molecule has 0 saturated carbocycles. The Kier molecular flexibility index (Phi) is 3.26. The van der Waals surface area contributed by atoms with E-state index in [0.717, 1.165) is 6.42 Å². The van der Waals surface area contributed by atoms with Gasteiger partial charge >= 0.3 is 0 Å². The minimum atomic E-state index is -0.391. The zero-order chi connectivity index (χ0) is 14.1. The fraction of sp³-hybridized carbons (Fsp3) is 0.235. The minimum Gasteiger partial charge on any atom is -0.345 e. The van der Waals surface area contributed by atoms with E-state index in [0.29, 0.717) is 11.5 Å². The Hall–Kier alpha value is -2.16. The van der Waals surface area contributed by atoms with Crippen molar-refractivity contribution < 1.29 is 9.18 Å². The van der Waals surface area contributed by atoms with Crippen molar-refractivity contribution in [3.8, 4) is 0 Å². The summed E-state index contributed by atoms with van der Waals surface area (Å²) < 4.78 is 13.2. The number of carbonyl (C=O) groups is 1. The molecule has 0 radical (unpaired) electrons. The van der Waals surface area contributed by atoms with Crippen LogP contribution in [0.3, 0.4) is 0 Å². The van der Waals surface area contributed by atoms with Crippen LogP contribution in [0.15, 0.2) is 48.5 Å². The number of hydrogen-bond acceptors (Lipinski definition) is 1. The van der Waals surface area contributed by atoms with Gasteiger partial charge in [-0.15, -0.1) is 0 Å². The first kappa shape index (κ1) is 12.9. The zero-order valence-corrected chi connectivity index (χ0v) is 11.3. The van der Waals surface area contributed by atoms with Crippen molar-refractivity contribution in [3.05, 3.63) is 71.0 Å². The molecule has 0 aromatic heterocycles. The Balaban J connectivity index is 1.83. The Morgan fingerprint density at radius 3 is 2.80 bits per heavy atom. The van der Waals surface area contributed by atoms with Gasteiger partial charge in [-0.3, -0.25) is 4.79 Å². The molecule has 2 aromatic rings. The van der Waals surface area contributed by atoms with Gasteiger partial charge in [0.2, 0.25) is 0 Å². The SMILES string of the molecule is CC1Cc2ccccc2C1NC(=O)c1cccc(F)c1. The van der Waals surface area contributed by atoms with E-state index in [2.05, 4.69) is 24.4 Å². The molecule has 1 amide bonds. The van der Waals surface area contributed by atoms with Gasteiger partial charge in [0, 0.05) is 5.56 Å². The number of carbonyl (C=O) groups excluding carboxylic acids is 1. The second kappa shape index (κ2) is 5.08. The number of hydrogen-bond donors (Lipinski definition) is 1. The van der Waals surface area contributed by atoms with Gasteiger partial charge < -0.3 is 5.32 Å². The van der Waals surface area contributed by atoms with Crippen LogP contribution in [0.1, 0.15) is 34.5 Å². The smallest absolute Gasteiger partial charge is 0.251 e. The predicted molar refractivity (Wildman–Crippen MR) is 75.9 cm³/mol. The average molecular weight is 269 g/mol. The van der Waals surface area contributed by atoms with Crippen LogP contribution < -0.4 is 5.32 Å². The van der Waals surface area contributed by atoms with Crippen LogP contribution >= 0.6 is 0 Å². The third-order valence-electron chi connectivity index (χ3n) is 3.87. The first-order chi connectivity index (χ1) is 9.65. The topological polar surface area (TPSA) is 29.1 Å². The summed E-state index contributed by atoms with van der Waals surface area (Å²) in [5.74, 6) is -0.263. The van der Waals surface area contributed by atoms with Crippen molar-refractivity contribution in [1.82, 2.24) is 5.32 Å². The van der Waals surface area contributed by atoms with Gasteiger partial charge in [0.25, 0.3) is 5.91 Å². The van der Waals surface area contributed by atoms with E-state index in [1.807, 2.05) is 12.1 Å². The zero-order valence-electron chi connectivity index (χ0n) is 11.3. The lowest BCUT2D eigenvalue weighted by Crippen LogP contribution is -2.30. The van der Waals surface area contributed by atoms with E-state index in [4.69, 9.17) is 0 Å². The molecule has 1 aliphatic carbocycles. The third kappa shape index (κ3) is 2.31. The van der Waals surface area contributed by atoms with Gasteiger partial charge in [-0.1, -0.05) is 37.3 Å². The van der Waals surface area contributed by atoms with E-state index in [-0.39, 0.29) is 11.9 Å². The Morgan fingerprint density at radius 1 is 1.20 bits per heavy atom. The largest absolute Gasteiger partial charge is 0.345 e. The normalized spacial score (nSPS) is 20.5. The molecule has 1 N–H and O–H groups in total. The van der Waals surface area contributed by atoms with Crippen LogP contribution in [0.25, 0.3) is 0 Å². The molecule has 1 aliphatic rings. The Morgan fingerprint density at radius 2 is 2.00 bits per heavy atom. The first-order valence-electron chi connectivity index (χ1n) is 6.79. The van der Waals surface area contributed by atoms with E-state index < -0.39 is 5.82 Å². The summed E-state index contributed by atoms with van der Waals surface area (Å²) in [5.41, 5.74) is 2.82. The summed E-state index contributed by atoms with van der Waals surface area (Å²) in [5, 5.41) is 3.02. The molecule has 102 valence electrons. The maximum Gasteiger partial charge on any atom is 0.251 e. The van der Waals surface area contributed by atoms with Crippen LogP contribution in [-0.2, 0) is 6.42 Å². The van der Waals surface area contributed by atoms with Crippen LogP contribution in [0.2, 0.25) is 0 Å². The van der Waals surface area contributed by atoms with Crippen molar-refractivity contribution >= 4 is 5.91 Å². The number of amides is 1. The molecule has 20 heavy (non-hydrogen) atoms. The van der Waals surface area contributed by atoms with Crippen molar-refractivity contribution in [2.45, 2.75) is 19.4 Å². The summed E-state index contributed by atoms with van der Waals surface area (Å²) in [7, 11) is 0. The average Bonchev–Trinajstić information content (AvgIpc) is 2.75.